The molecule has 0 bridgehead atoms. The van der Waals surface area contributed by atoms with Crippen LogP contribution in [0.2, 0.25) is 0 Å². The van der Waals surface area contributed by atoms with Crippen molar-refractivity contribution in [3.63, 3.8) is 0 Å². The number of nitrogens with one attached hydrogen (secondary N) is 2. The highest BCUT2D eigenvalue weighted by molar-refractivity contribution is 6.07. The molecule has 0 atom stereocenters. The summed E-state index contributed by atoms with van der Waals surface area (Å²) in [4.78, 5) is 19.7. The Labute approximate surface area is 234 Å². The molecule has 4 aromatic rings. The molecule has 1 saturated heterocycles. The molecule has 1 amide bonds. The van der Waals surface area contributed by atoms with Gasteiger partial charge in [0.15, 0.2) is 0 Å². The van der Waals surface area contributed by atoms with Gasteiger partial charge in [-0.05, 0) is 61.9 Å². The second kappa shape index (κ2) is 12.7. The lowest BCUT2D eigenvalue weighted by molar-refractivity contribution is -0.921. The van der Waals surface area contributed by atoms with E-state index < -0.39 is 0 Å². The minimum atomic E-state index is -0.315. The molecule has 0 aliphatic carbocycles. The highest BCUT2D eigenvalue weighted by Gasteiger charge is 2.18. The van der Waals surface area contributed by atoms with Crippen molar-refractivity contribution < 1.29 is 23.9 Å². The molecule has 3 aromatic carbocycles. The lowest BCUT2D eigenvalue weighted by Gasteiger charge is -2.24. The maximum atomic E-state index is 13.4. The second-order valence-corrected chi connectivity index (χ2v) is 10.0. The molecular formula is C32H35N4O4+. The van der Waals surface area contributed by atoms with Crippen LogP contribution in [0, 0.1) is 0 Å². The van der Waals surface area contributed by atoms with E-state index in [-0.39, 0.29) is 12.0 Å². The van der Waals surface area contributed by atoms with E-state index in [0.717, 1.165) is 71.9 Å². The minimum Gasteiger partial charge on any atom is -0.496 e. The van der Waals surface area contributed by atoms with Gasteiger partial charge < -0.3 is 19.1 Å². The number of morpholine rings is 1. The second-order valence-electron chi connectivity index (χ2n) is 10.0. The third kappa shape index (κ3) is 6.47. The van der Waals surface area contributed by atoms with Crippen LogP contribution < -0.4 is 19.8 Å². The summed E-state index contributed by atoms with van der Waals surface area (Å²) in [7, 11) is 1.68. The molecule has 0 unspecified atom stereocenters. The van der Waals surface area contributed by atoms with E-state index in [9.17, 15) is 4.79 Å². The average molecular weight is 540 g/mol. The molecule has 1 fully saturated rings. The first-order valence-corrected chi connectivity index (χ1v) is 13.6. The summed E-state index contributed by atoms with van der Waals surface area (Å²) in [6.45, 7) is 8.28. The molecule has 5 rings (SSSR count). The third-order valence-corrected chi connectivity index (χ3v) is 6.81. The van der Waals surface area contributed by atoms with Gasteiger partial charge in [-0.15, -0.1) is 0 Å². The van der Waals surface area contributed by atoms with Crippen LogP contribution in [-0.2, 0) is 11.3 Å². The molecule has 0 radical (unpaired) electrons. The van der Waals surface area contributed by atoms with Crippen LogP contribution in [0.3, 0.4) is 0 Å². The van der Waals surface area contributed by atoms with Gasteiger partial charge in [-0.25, -0.2) is 10.4 Å². The third-order valence-electron chi connectivity index (χ3n) is 6.81. The molecule has 40 heavy (non-hydrogen) atoms. The van der Waals surface area contributed by atoms with E-state index >= 15 is 0 Å². The van der Waals surface area contributed by atoms with Crippen molar-refractivity contribution in [1.82, 2.24) is 10.4 Å². The number of fused-ring (bicyclic) bond motifs is 1. The Morgan fingerprint density at radius 1 is 1.05 bits per heavy atom. The lowest BCUT2D eigenvalue weighted by atomic mass is 10.0. The van der Waals surface area contributed by atoms with Crippen LogP contribution in [0.25, 0.3) is 22.2 Å². The maximum absolute atomic E-state index is 13.4. The first kappa shape index (κ1) is 27.3. The number of aromatic nitrogens is 1. The Kier molecular flexibility index (Phi) is 8.68. The van der Waals surface area contributed by atoms with E-state index in [2.05, 4.69) is 16.6 Å². The highest BCUT2D eigenvalue weighted by Crippen LogP contribution is 2.32. The first-order valence-electron chi connectivity index (χ1n) is 13.6. The zero-order valence-electron chi connectivity index (χ0n) is 23.1. The molecule has 8 heteroatoms. The van der Waals surface area contributed by atoms with Crippen molar-refractivity contribution >= 4 is 23.0 Å². The molecule has 2 heterocycles. The number of rotatable bonds is 9. The maximum Gasteiger partial charge on any atom is 0.272 e. The fourth-order valence-electron chi connectivity index (χ4n) is 4.89. The molecule has 1 aliphatic heterocycles. The van der Waals surface area contributed by atoms with Gasteiger partial charge in [-0.1, -0.05) is 30.3 Å². The summed E-state index contributed by atoms with van der Waals surface area (Å²) < 4.78 is 17.1. The van der Waals surface area contributed by atoms with Gasteiger partial charge in [0, 0.05) is 16.5 Å². The van der Waals surface area contributed by atoms with E-state index in [1.807, 2.05) is 74.5 Å². The Morgan fingerprint density at radius 3 is 2.62 bits per heavy atom. The lowest BCUT2D eigenvalue weighted by Crippen LogP contribution is -3.12. The van der Waals surface area contributed by atoms with E-state index in [1.54, 1.807) is 19.4 Å². The number of nitrogens with zero attached hydrogens (tertiary/aromatic N) is 2. The summed E-state index contributed by atoms with van der Waals surface area (Å²) in [6.07, 6.45) is 1.67. The van der Waals surface area contributed by atoms with Gasteiger partial charge in [-0.3, -0.25) is 4.79 Å². The SMILES string of the molecule is COc1ccc(/C=N\NC(=O)c2cc(-c3ccccc3OC(C)C)nc3ccccc23)cc1C[NH+]1CCOCC1. The van der Waals surface area contributed by atoms with Crippen molar-refractivity contribution in [2.45, 2.75) is 26.5 Å². The van der Waals surface area contributed by atoms with Crippen LogP contribution >= 0.6 is 0 Å². The molecule has 2 N–H and O–H groups in total. The van der Waals surface area contributed by atoms with Gasteiger partial charge >= 0.3 is 0 Å². The van der Waals surface area contributed by atoms with Crippen LogP contribution in [-0.4, -0.2) is 56.6 Å². The number of methoxy groups -OCH3 is 1. The van der Waals surface area contributed by atoms with Crippen LogP contribution in [0.4, 0.5) is 0 Å². The number of benzene rings is 3. The minimum absolute atomic E-state index is 0.00691. The van der Waals surface area contributed by atoms with E-state index in [0.29, 0.717) is 11.3 Å². The number of amides is 1. The Hall–Kier alpha value is -4.27. The van der Waals surface area contributed by atoms with Crippen molar-refractivity contribution in [2.75, 3.05) is 33.4 Å². The average Bonchev–Trinajstić information content (AvgIpc) is 2.97. The summed E-state index contributed by atoms with van der Waals surface area (Å²) >= 11 is 0. The first-order chi connectivity index (χ1) is 19.5. The predicted molar refractivity (Wildman–Crippen MR) is 156 cm³/mol. The van der Waals surface area contributed by atoms with E-state index in [1.165, 1.54) is 4.90 Å². The number of carbonyl (C=O) groups excluding carboxylic acids is 1. The zero-order valence-corrected chi connectivity index (χ0v) is 23.1. The standard InChI is InChI=1S/C32H34N4O4/c1-22(2)40-31-11-7-5-9-26(31)29-19-27(25-8-4-6-10-28(25)34-29)32(37)35-33-20-23-12-13-30(38-3)24(18-23)21-36-14-16-39-17-15-36/h4-13,18-20,22H,14-17,21H2,1-3H3,(H,35,37)/p+1/b33-20-. The Morgan fingerprint density at radius 2 is 1.82 bits per heavy atom. The zero-order chi connectivity index (χ0) is 27.9. The summed E-state index contributed by atoms with van der Waals surface area (Å²) in [5, 5.41) is 5.04. The van der Waals surface area contributed by atoms with Gasteiger partial charge in [0.2, 0.25) is 0 Å². The Balaban J connectivity index is 1.39. The van der Waals surface area contributed by atoms with Crippen molar-refractivity contribution in [2.24, 2.45) is 5.10 Å². The number of pyridine rings is 1. The molecule has 1 aromatic heterocycles. The van der Waals surface area contributed by atoms with Crippen LogP contribution in [0.1, 0.15) is 35.3 Å². The summed E-state index contributed by atoms with van der Waals surface area (Å²) in [5.41, 5.74) is 7.39. The molecule has 0 saturated carbocycles. The van der Waals surface area contributed by atoms with Crippen LogP contribution in [0.5, 0.6) is 11.5 Å². The monoisotopic (exact) mass is 539 g/mol. The van der Waals surface area contributed by atoms with Crippen molar-refractivity contribution in [3.05, 3.63) is 89.5 Å². The number of hydrogen-bond donors (Lipinski definition) is 2. The predicted octanol–water partition coefficient (Wildman–Crippen LogP) is 3.88. The number of hydrazone groups is 1. The summed E-state index contributed by atoms with van der Waals surface area (Å²) in [6, 6.07) is 23.1. The Bertz CT molecular complexity index is 1510. The molecular weight excluding hydrogens is 504 g/mol. The largest absolute Gasteiger partial charge is 0.496 e. The van der Waals surface area contributed by atoms with Crippen molar-refractivity contribution in [3.8, 4) is 22.8 Å². The molecule has 0 spiro atoms. The van der Waals surface area contributed by atoms with Crippen LogP contribution in [0.15, 0.2) is 77.9 Å². The van der Waals surface area contributed by atoms with Gasteiger partial charge in [-0.2, -0.15) is 5.10 Å². The smallest absolute Gasteiger partial charge is 0.272 e. The number of hydrogen-bond acceptors (Lipinski definition) is 6. The summed E-state index contributed by atoms with van der Waals surface area (Å²) in [5.74, 6) is 1.25. The molecule has 8 nitrogen and oxygen atoms in total. The quantitative estimate of drug-likeness (QED) is 0.249. The highest BCUT2D eigenvalue weighted by atomic mass is 16.5. The van der Waals surface area contributed by atoms with Gasteiger partial charge in [0.1, 0.15) is 31.1 Å². The topological polar surface area (TPSA) is 86.5 Å². The van der Waals surface area contributed by atoms with Crippen molar-refractivity contribution in [1.29, 1.82) is 0 Å². The number of quaternary nitrogens is 1. The normalized spacial score (nSPS) is 14.1. The fraction of sp³-hybridized carbons (Fsp3) is 0.281. The number of carbonyl (C=O) groups is 1. The molecule has 1 aliphatic rings. The van der Waals surface area contributed by atoms with Gasteiger partial charge in [0.05, 0.1) is 49.4 Å². The number of ether oxygens (including phenoxy) is 3. The number of para-hydroxylation sites is 2. The fourth-order valence-corrected chi connectivity index (χ4v) is 4.89. The molecule has 206 valence electrons. The van der Waals surface area contributed by atoms with E-state index in [4.69, 9.17) is 19.2 Å². The van der Waals surface area contributed by atoms with Gasteiger partial charge in [0.25, 0.3) is 5.91 Å².